The van der Waals surface area contributed by atoms with Crippen LogP contribution in [0.3, 0.4) is 0 Å². The Kier molecular flexibility index (Phi) is 5.47. The lowest BCUT2D eigenvalue weighted by Crippen LogP contribution is -2.42. The van der Waals surface area contributed by atoms with Crippen molar-refractivity contribution in [3.8, 4) is 5.75 Å². The summed E-state index contributed by atoms with van der Waals surface area (Å²) in [7, 11) is 0. The summed E-state index contributed by atoms with van der Waals surface area (Å²) in [6, 6.07) is 6.40. The van der Waals surface area contributed by atoms with Crippen LogP contribution in [0.25, 0.3) is 0 Å². The molecule has 0 unspecified atom stereocenters. The van der Waals surface area contributed by atoms with Crippen LogP contribution in [0.5, 0.6) is 5.75 Å². The Morgan fingerprint density at radius 3 is 2.78 bits per heavy atom. The molecule has 0 atom stereocenters. The van der Waals surface area contributed by atoms with Crippen molar-refractivity contribution in [2.75, 3.05) is 32.8 Å². The Labute approximate surface area is 118 Å². The van der Waals surface area contributed by atoms with Crippen LogP contribution >= 0.6 is 15.9 Å². The van der Waals surface area contributed by atoms with Gasteiger partial charge in [0, 0.05) is 32.7 Å². The maximum absolute atomic E-state index is 5.66. The fourth-order valence-electron chi connectivity index (χ4n) is 2.10. The fraction of sp³-hybridized carbons (Fsp3) is 0.571. The summed E-state index contributed by atoms with van der Waals surface area (Å²) >= 11 is 3.59. The lowest BCUT2D eigenvalue weighted by molar-refractivity contribution is 0.233. The number of benzene rings is 1. The normalized spacial score (nSPS) is 16.8. The molecule has 0 amide bonds. The molecule has 18 heavy (non-hydrogen) atoms. The summed E-state index contributed by atoms with van der Waals surface area (Å²) in [6.45, 7) is 8.37. The molecule has 1 heterocycles. The van der Waals surface area contributed by atoms with Crippen molar-refractivity contribution in [1.82, 2.24) is 10.2 Å². The molecular weight excluding hydrogens is 292 g/mol. The summed E-state index contributed by atoms with van der Waals surface area (Å²) in [5.74, 6) is 0.945. The highest BCUT2D eigenvalue weighted by atomic mass is 79.9. The predicted octanol–water partition coefficient (Wildman–Crippen LogP) is 2.64. The first-order valence-corrected chi connectivity index (χ1v) is 7.43. The van der Waals surface area contributed by atoms with Crippen LogP contribution < -0.4 is 10.1 Å². The van der Waals surface area contributed by atoms with Crippen LogP contribution in [0.1, 0.15) is 18.9 Å². The second-order valence-corrected chi connectivity index (χ2v) is 5.49. The van der Waals surface area contributed by atoms with Crippen LogP contribution in [-0.2, 0) is 6.54 Å². The number of nitrogens with zero attached hydrogens (tertiary/aromatic N) is 1. The molecule has 1 aliphatic heterocycles. The van der Waals surface area contributed by atoms with E-state index in [0.29, 0.717) is 0 Å². The van der Waals surface area contributed by atoms with Crippen LogP contribution in [0, 0.1) is 0 Å². The van der Waals surface area contributed by atoms with Gasteiger partial charge in [0.1, 0.15) is 5.75 Å². The molecule has 1 aromatic rings. The second kappa shape index (κ2) is 7.12. The number of hydrogen-bond acceptors (Lipinski definition) is 3. The summed E-state index contributed by atoms with van der Waals surface area (Å²) < 4.78 is 6.72. The Morgan fingerprint density at radius 2 is 2.11 bits per heavy atom. The molecular formula is C14H21BrN2O. The van der Waals surface area contributed by atoms with E-state index in [1.165, 1.54) is 5.56 Å². The molecule has 0 saturated carbocycles. The highest BCUT2D eigenvalue weighted by molar-refractivity contribution is 9.10. The van der Waals surface area contributed by atoms with E-state index in [1.54, 1.807) is 0 Å². The Hall–Kier alpha value is -0.580. The van der Waals surface area contributed by atoms with Crippen LogP contribution in [0.4, 0.5) is 0 Å². The lowest BCUT2D eigenvalue weighted by Gasteiger charge is -2.27. The van der Waals surface area contributed by atoms with Gasteiger partial charge in [0.05, 0.1) is 11.1 Å². The largest absolute Gasteiger partial charge is 0.492 e. The van der Waals surface area contributed by atoms with Crippen molar-refractivity contribution >= 4 is 15.9 Å². The van der Waals surface area contributed by atoms with Crippen LogP contribution in [0.15, 0.2) is 22.7 Å². The van der Waals surface area contributed by atoms with Gasteiger partial charge in [-0.05, 0) is 40.0 Å². The van der Waals surface area contributed by atoms with E-state index in [4.69, 9.17) is 4.74 Å². The molecule has 1 saturated heterocycles. The third-order valence-corrected chi connectivity index (χ3v) is 3.69. The van der Waals surface area contributed by atoms with Crippen molar-refractivity contribution in [2.24, 2.45) is 0 Å². The molecule has 100 valence electrons. The average molecular weight is 313 g/mol. The van der Waals surface area contributed by atoms with E-state index in [0.717, 1.165) is 56.0 Å². The Bertz CT molecular complexity index is 378. The summed E-state index contributed by atoms with van der Waals surface area (Å²) in [4.78, 5) is 2.48. The molecule has 2 rings (SSSR count). The molecule has 0 radical (unpaired) electrons. The highest BCUT2D eigenvalue weighted by Crippen LogP contribution is 2.26. The van der Waals surface area contributed by atoms with Crippen molar-refractivity contribution in [3.63, 3.8) is 0 Å². The minimum absolute atomic E-state index is 0.774. The molecule has 0 aromatic heterocycles. The maximum Gasteiger partial charge on any atom is 0.133 e. The van der Waals surface area contributed by atoms with E-state index in [-0.39, 0.29) is 0 Å². The number of piperazine rings is 1. The molecule has 4 heteroatoms. The van der Waals surface area contributed by atoms with Crippen molar-refractivity contribution < 1.29 is 4.74 Å². The van der Waals surface area contributed by atoms with E-state index in [2.05, 4.69) is 51.3 Å². The minimum Gasteiger partial charge on any atom is -0.492 e. The highest BCUT2D eigenvalue weighted by Gasteiger charge is 2.10. The first-order valence-electron chi connectivity index (χ1n) is 6.64. The molecule has 1 aromatic carbocycles. The van der Waals surface area contributed by atoms with Gasteiger partial charge < -0.3 is 10.1 Å². The van der Waals surface area contributed by atoms with Gasteiger partial charge in [-0.15, -0.1) is 0 Å². The molecule has 0 bridgehead atoms. The monoisotopic (exact) mass is 312 g/mol. The third kappa shape index (κ3) is 3.97. The number of hydrogen-bond donors (Lipinski definition) is 1. The van der Waals surface area contributed by atoms with Gasteiger partial charge in [-0.25, -0.2) is 0 Å². The van der Waals surface area contributed by atoms with Gasteiger partial charge in [-0.1, -0.05) is 13.0 Å². The van der Waals surface area contributed by atoms with Crippen LogP contribution in [0.2, 0.25) is 0 Å². The van der Waals surface area contributed by atoms with Gasteiger partial charge in [0.15, 0.2) is 0 Å². The van der Waals surface area contributed by atoms with Gasteiger partial charge in [0.2, 0.25) is 0 Å². The summed E-state index contributed by atoms with van der Waals surface area (Å²) in [5.41, 5.74) is 1.34. The summed E-state index contributed by atoms with van der Waals surface area (Å²) in [5, 5.41) is 3.37. The Balaban J connectivity index is 1.94. The van der Waals surface area contributed by atoms with E-state index in [1.807, 2.05) is 0 Å². The molecule has 0 spiro atoms. The van der Waals surface area contributed by atoms with Gasteiger partial charge in [0.25, 0.3) is 0 Å². The fourth-order valence-corrected chi connectivity index (χ4v) is 2.64. The number of nitrogens with one attached hydrogen (secondary N) is 1. The average Bonchev–Trinajstić information content (AvgIpc) is 2.39. The van der Waals surface area contributed by atoms with E-state index >= 15 is 0 Å². The van der Waals surface area contributed by atoms with Gasteiger partial charge >= 0.3 is 0 Å². The standard InChI is InChI=1S/C14H21BrN2O/c1-2-9-18-14-4-3-12(10-13(14)15)11-17-7-5-16-6-8-17/h3-4,10,16H,2,5-9,11H2,1H3. The topological polar surface area (TPSA) is 24.5 Å². The smallest absolute Gasteiger partial charge is 0.133 e. The van der Waals surface area contributed by atoms with Crippen LogP contribution in [-0.4, -0.2) is 37.7 Å². The molecule has 1 N–H and O–H groups in total. The minimum atomic E-state index is 0.774. The summed E-state index contributed by atoms with van der Waals surface area (Å²) in [6.07, 6.45) is 1.04. The van der Waals surface area contributed by atoms with E-state index < -0.39 is 0 Å². The van der Waals surface area contributed by atoms with Gasteiger partial charge in [-0.2, -0.15) is 0 Å². The first-order chi connectivity index (χ1) is 8.79. The molecule has 1 fully saturated rings. The number of rotatable bonds is 5. The SMILES string of the molecule is CCCOc1ccc(CN2CCNCC2)cc1Br. The predicted molar refractivity (Wildman–Crippen MR) is 78.1 cm³/mol. The third-order valence-electron chi connectivity index (χ3n) is 3.07. The number of ether oxygens (including phenoxy) is 1. The first kappa shape index (κ1) is 13.8. The van der Waals surface area contributed by atoms with E-state index in [9.17, 15) is 0 Å². The van der Waals surface area contributed by atoms with Crippen molar-refractivity contribution in [2.45, 2.75) is 19.9 Å². The zero-order valence-electron chi connectivity index (χ0n) is 10.9. The number of halogens is 1. The van der Waals surface area contributed by atoms with Gasteiger partial charge in [-0.3, -0.25) is 4.90 Å². The zero-order valence-corrected chi connectivity index (χ0v) is 12.5. The van der Waals surface area contributed by atoms with Crippen molar-refractivity contribution in [1.29, 1.82) is 0 Å². The van der Waals surface area contributed by atoms with Crippen molar-refractivity contribution in [3.05, 3.63) is 28.2 Å². The zero-order chi connectivity index (χ0) is 12.8. The quantitative estimate of drug-likeness (QED) is 0.904. The maximum atomic E-state index is 5.66. The molecule has 1 aliphatic rings. The Morgan fingerprint density at radius 1 is 1.33 bits per heavy atom. The lowest BCUT2D eigenvalue weighted by atomic mass is 10.2. The second-order valence-electron chi connectivity index (χ2n) is 4.64. The molecule has 0 aliphatic carbocycles. The molecule has 3 nitrogen and oxygen atoms in total.